The van der Waals surface area contributed by atoms with Crippen LogP contribution in [-0.2, 0) is 6.54 Å². The molecule has 11 rings (SSSR count). The number of benzene rings is 8. The molecule has 9 aromatic rings. The molecule has 0 unspecified atom stereocenters. The summed E-state index contributed by atoms with van der Waals surface area (Å²) in [6, 6.07) is 64.4. The molecule has 5 heteroatoms. The van der Waals surface area contributed by atoms with E-state index >= 15 is 0 Å². The molecule has 0 saturated heterocycles. The lowest BCUT2D eigenvalue weighted by Crippen LogP contribution is -2.20. The quantitative estimate of drug-likeness (QED) is 0.172. The molecule has 0 radical (unpaired) electrons. The maximum atomic E-state index is 6.64. The van der Waals surface area contributed by atoms with Gasteiger partial charge in [0.2, 0.25) is 0 Å². The number of hydrogen-bond acceptors (Lipinski definition) is 4. The van der Waals surface area contributed by atoms with E-state index in [0.29, 0.717) is 0 Å². The van der Waals surface area contributed by atoms with Gasteiger partial charge in [0.05, 0.1) is 17.1 Å². The summed E-state index contributed by atoms with van der Waals surface area (Å²) in [5, 5.41) is 2.49. The van der Waals surface area contributed by atoms with Gasteiger partial charge >= 0.3 is 0 Å². The molecule has 2 aliphatic rings. The fourth-order valence-electron chi connectivity index (χ4n) is 8.49. The van der Waals surface area contributed by atoms with Crippen molar-refractivity contribution in [2.24, 2.45) is 0 Å². The second-order valence-corrected chi connectivity index (χ2v) is 14.0. The molecule has 0 saturated carbocycles. The van der Waals surface area contributed by atoms with Crippen LogP contribution >= 0.6 is 0 Å². The van der Waals surface area contributed by atoms with E-state index in [2.05, 4.69) is 167 Å². The number of ether oxygens (including phenoxy) is 2. The van der Waals surface area contributed by atoms with Crippen molar-refractivity contribution in [2.75, 3.05) is 9.80 Å². The molecule has 2 aliphatic heterocycles. The Morgan fingerprint density at radius 3 is 1.84 bits per heavy atom. The Kier molecular flexibility index (Phi) is 7.07. The van der Waals surface area contributed by atoms with Gasteiger partial charge in [-0.1, -0.05) is 103 Å². The zero-order valence-electron chi connectivity index (χ0n) is 30.2. The Labute approximate surface area is 319 Å². The summed E-state index contributed by atoms with van der Waals surface area (Å²) in [6.45, 7) is 3.12. The Morgan fingerprint density at radius 1 is 0.455 bits per heavy atom. The lowest BCUT2D eigenvalue weighted by molar-refractivity contribution is 0.446. The third-order valence-electron chi connectivity index (χ3n) is 10.9. The van der Waals surface area contributed by atoms with Crippen LogP contribution in [0.2, 0.25) is 0 Å². The van der Waals surface area contributed by atoms with Crippen LogP contribution in [0.25, 0.3) is 44.1 Å². The lowest BCUT2D eigenvalue weighted by atomic mass is 9.99. The fraction of sp³-hybridized carbons (Fsp3) is 0.0400. The third-order valence-corrected chi connectivity index (χ3v) is 10.9. The van der Waals surface area contributed by atoms with E-state index in [1.54, 1.807) is 0 Å². The molecule has 0 aliphatic carbocycles. The van der Waals surface area contributed by atoms with Crippen LogP contribution in [0.15, 0.2) is 182 Å². The van der Waals surface area contributed by atoms with Gasteiger partial charge in [-0.05, 0) is 102 Å². The average molecular weight is 710 g/mol. The van der Waals surface area contributed by atoms with Crippen molar-refractivity contribution in [1.29, 1.82) is 0 Å². The third kappa shape index (κ3) is 4.94. The molecule has 8 aromatic carbocycles. The molecule has 0 spiro atoms. The highest BCUT2D eigenvalue weighted by atomic mass is 16.5. The number of para-hydroxylation sites is 6. The summed E-state index contributed by atoms with van der Waals surface area (Å²) >= 11 is 0. The van der Waals surface area contributed by atoms with E-state index in [1.807, 2.05) is 36.4 Å². The van der Waals surface area contributed by atoms with Crippen molar-refractivity contribution in [3.05, 3.63) is 182 Å². The van der Waals surface area contributed by atoms with Crippen LogP contribution in [0.5, 0.6) is 23.0 Å². The molecule has 3 heterocycles. The van der Waals surface area contributed by atoms with Gasteiger partial charge < -0.3 is 18.9 Å². The normalized spacial score (nSPS) is 12.4. The van der Waals surface area contributed by atoms with Crippen LogP contribution < -0.4 is 19.3 Å². The van der Waals surface area contributed by atoms with E-state index in [1.165, 1.54) is 21.8 Å². The topological polar surface area (TPSA) is 29.9 Å². The Hall–Kier alpha value is -7.24. The molecule has 55 heavy (non-hydrogen) atoms. The number of anilines is 6. The first-order chi connectivity index (χ1) is 27.2. The number of rotatable bonds is 6. The second-order valence-electron chi connectivity index (χ2n) is 14.0. The monoisotopic (exact) mass is 709 g/mol. The number of nitrogens with zero attached hydrogens (tertiary/aromatic N) is 3. The molecule has 0 fully saturated rings. The molecule has 0 N–H and O–H groups in total. The molecule has 0 amide bonds. The minimum atomic E-state index is 0.759. The number of hydrogen-bond donors (Lipinski definition) is 0. The van der Waals surface area contributed by atoms with Gasteiger partial charge in [-0.2, -0.15) is 0 Å². The first-order valence-corrected chi connectivity index (χ1v) is 18.8. The fourth-order valence-corrected chi connectivity index (χ4v) is 8.49. The van der Waals surface area contributed by atoms with E-state index in [9.17, 15) is 0 Å². The summed E-state index contributed by atoms with van der Waals surface area (Å²) < 4.78 is 15.7. The van der Waals surface area contributed by atoms with Crippen LogP contribution in [0, 0.1) is 0 Å². The number of aryl methyl sites for hydroxylation is 1. The summed E-state index contributed by atoms with van der Waals surface area (Å²) in [6.07, 6.45) is 0. The molecular formula is C50H35N3O2. The molecule has 1 aromatic heterocycles. The van der Waals surface area contributed by atoms with Gasteiger partial charge in [0.1, 0.15) is 5.69 Å². The highest BCUT2D eigenvalue weighted by Crippen LogP contribution is 2.60. The SMILES string of the molecule is CCn1c2ccccc2c2cc(N(c3cccc(-c4cc5c6c(c4)Oc4ccccc4N6c4ccccc4O5)c3)c3ccccc3-c3ccccc3)ccc21. The van der Waals surface area contributed by atoms with Crippen molar-refractivity contribution in [3.8, 4) is 45.3 Å². The molecule has 5 nitrogen and oxygen atoms in total. The predicted molar refractivity (Wildman–Crippen MR) is 226 cm³/mol. The highest BCUT2D eigenvalue weighted by Gasteiger charge is 2.35. The van der Waals surface area contributed by atoms with Crippen molar-refractivity contribution < 1.29 is 9.47 Å². The van der Waals surface area contributed by atoms with E-state index in [4.69, 9.17) is 9.47 Å². The van der Waals surface area contributed by atoms with Crippen molar-refractivity contribution in [3.63, 3.8) is 0 Å². The summed E-state index contributed by atoms with van der Waals surface area (Å²) in [5.41, 5.74) is 13.0. The molecular weight excluding hydrogens is 675 g/mol. The smallest absolute Gasteiger partial charge is 0.156 e. The average Bonchev–Trinajstić information content (AvgIpc) is 3.57. The summed E-state index contributed by atoms with van der Waals surface area (Å²) in [4.78, 5) is 4.66. The molecule has 262 valence electrons. The van der Waals surface area contributed by atoms with Gasteiger partial charge in [0.25, 0.3) is 0 Å². The first kappa shape index (κ1) is 31.3. The van der Waals surface area contributed by atoms with E-state index < -0.39 is 0 Å². The molecule has 0 atom stereocenters. The minimum Gasteiger partial charge on any atom is -0.453 e. The zero-order valence-corrected chi connectivity index (χ0v) is 30.2. The van der Waals surface area contributed by atoms with Gasteiger partial charge in [0, 0.05) is 45.3 Å². The largest absolute Gasteiger partial charge is 0.453 e. The Bertz CT molecular complexity index is 2880. The Balaban J connectivity index is 1.10. The van der Waals surface area contributed by atoms with Crippen LogP contribution in [0.3, 0.4) is 0 Å². The maximum Gasteiger partial charge on any atom is 0.156 e. The highest BCUT2D eigenvalue weighted by molar-refractivity contribution is 6.10. The summed E-state index contributed by atoms with van der Waals surface area (Å²) in [7, 11) is 0. The molecule has 0 bridgehead atoms. The van der Waals surface area contributed by atoms with Gasteiger partial charge in [-0.3, -0.25) is 4.90 Å². The second kappa shape index (κ2) is 12.4. The van der Waals surface area contributed by atoms with Gasteiger partial charge in [-0.25, -0.2) is 0 Å². The lowest BCUT2D eigenvalue weighted by Gasteiger charge is -2.38. The number of fused-ring (bicyclic) bond motifs is 7. The van der Waals surface area contributed by atoms with Crippen LogP contribution in [0.4, 0.5) is 34.1 Å². The number of aromatic nitrogens is 1. The van der Waals surface area contributed by atoms with Crippen molar-refractivity contribution in [2.45, 2.75) is 13.5 Å². The maximum absolute atomic E-state index is 6.64. The van der Waals surface area contributed by atoms with E-state index in [0.717, 1.165) is 85.9 Å². The van der Waals surface area contributed by atoms with Crippen molar-refractivity contribution >= 4 is 55.9 Å². The van der Waals surface area contributed by atoms with Crippen molar-refractivity contribution in [1.82, 2.24) is 4.57 Å². The van der Waals surface area contributed by atoms with Crippen LogP contribution in [0.1, 0.15) is 6.92 Å². The predicted octanol–water partition coefficient (Wildman–Crippen LogP) is 14.3. The van der Waals surface area contributed by atoms with Gasteiger partial charge in [0.15, 0.2) is 23.0 Å². The summed E-state index contributed by atoms with van der Waals surface area (Å²) in [5.74, 6) is 3.14. The first-order valence-electron chi connectivity index (χ1n) is 18.8. The zero-order chi connectivity index (χ0) is 36.5. The minimum absolute atomic E-state index is 0.759. The standard InChI is InChI=1S/C50H35N3O2/c1-2-51-41-21-8-7-20-39(41)40-32-37(27-28-42(40)51)52(43-22-9-6-19-38(43)33-15-4-3-5-16-33)36-18-14-17-34(29-36)35-30-48-50-49(31-35)55-47-26-13-11-24-45(47)53(50)44-23-10-12-25-46(44)54-48/h3-32H,2H2,1H3. The Morgan fingerprint density at radius 2 is 1.07 bits per heavy atom. The van der Waals surface area contributed by atoms with E-state index in [-0.39, 0.29) is 0 Å². The van der Waals surface area contributed by atoms with Crippen LogP contribution in [-0.4, -0.2) is 4.57 Å². The van der Waals surface area contributed by atoms with Gasteiger partial charge in [-0.15, -0.1) is 0 Å².